The predicted molar refractivity (Wildman–Crippen MR) is 73.8 cm³/mol. The van der Waals surface area contributed by atoms with Crippen molar-refractivity contribution in [2.24, 2.45) is 0 Å². The van der Waals surface area contributed by atoms with E-state index in [4.69, 9.17) is 9.84 Å². The van der Waals surface area contributed by atoms with E-state index in [0.717, 1.165) is 12.0 Å². The zero-order valence-corrected chi connectivity index (χ0v) is 11.2. The smallest absolute Gasteiger partial charge is 0.163 e. The molecule has 2 N–H and O–H groups in total. The van der Waals surface area contributed by atoms with E-state index < -0.39 is 0 Å². The summed E-state index contributed by atoms with van der Waals surface area (Å²) in [6, 6.07) is 3.11. The molecule has 19 heavy (non-hydrogen) atoms. The zero-order valence-electron chi connectivity index (χ0n) is 11.2. The molecule has 0 radical (unpaired) electrons. The number of carbonyl (C=O) groups excluding carboxylic acids is 1. The lowest BCUT2D eigenvalue weighted by molar-refractivity contribution is 0.101. The molecule has 0 saturated carbocycles. The van der Waals surface area contributed by atoms with Crippen molar-refractivity contribution < 1.29 is 19.7 Å². The van der Waals surface area contributed by atoms with Crippen molar-refractivity contribution in [1.29, 1.82) is 0 Å². The van der Waals surface area contributed by atoms with Gasteiger partial charge in [-0.25, -0.2) is 0 Å². The number of benzene rings is 1. The molecule has 0 aliphatic carbocycles. The van der Waals surface area contributed by atoms with Crippen molar-refractivity contribution in [3.05, 3.63) is 35.9 Å². The number of aliphatic hydroxyl groups is 1. The van der Waals surface area contributed by atoms with Crippen molar-refractivity contribution in [2.45, 2.75) is 26.2 Å². The summed E-state index contributed by atoms with van der Waals surface area (Å²) in [7, 11) is 0. The van der Waals surface area contributed by atoms with Crippen LogP contribution < -0.4 is 4.74 Å². The number of phenolic OH excluding ortho intramolecular Hbond substituents is 1. The largest absolute Gasteiger partial charge is 0.507 e. The summed E-state index contributed by atoms with van der Waals surface area (Å²) in [5.74, 6) is 0.299. The van der Waals surface area contributed by atoms with Gasteiger partial charge in [0.2, 0.25) is 0 Å². The van der Waals surface area contributed by atoms with Gasteiger partial charge in [0, 0.05) is 12.7 Å². The molecule has 1 rings (SSSR count). The van der Waals surface area contributed by atoms with Crippen LogP contribution in [-0.4, -0.2) is 29.2 Å². The summed E-state index contributed by atoms with van der Waals surface area (Å²) in [6.45, 7) is 5.68. The Hall–Kier alpha value is -1.81. The van der Waals surface area contributed by atoms with E-state index in [0.29, 0.717) is 30.8 Å². The number of Topliss-reactive ketones (excluding diaryl/α,β-unsaturated/α-hetero) is 1. The minimum absolute atomic E-state index is 0.0718. The van der Waals surface area contributed by atoms with Gasteiger partial charge in [0.25, 0.3) is 0 Å². The molecule has 0 atom stereocenters. The molecule has 0 heterocycles. The maximum absolute atomic E-state index is 11.4. The monoisotopic (exact) mass is 264 g/mol. The molecule has 0 bridgehead atoms. The standard InChI is InChI=1S/C15H20O4/c1-3-6-12-9-13(11(2)17)14(18)10-15(12)19-8-5-4-7-16/h3,9-10,16,18H,1,4-8H2,2H3. The van der Waals surface area contributed by atoms with Crippen LogP contribution in [0.3, 0.4) is 0 Å². The maximum Gasteiger partial charge on any atom is 0.163 e. The van der Waals surface area contributed by atoms with Gasteiger partial charge in [-0.15, -0.1) is 6.58 Å². The summed E-state index contributed by atoms with van der Waals surface area (Å²) in [6.07, 6.45) is 3.69. The van der Waals surface area contributed by atoms with E-state index in [1.807, 2.05) is 0 Å². The Labute approximate surface area is 113 Å². The average molecular weight is 264 g/mol. The van der Waals surface area contributed by atoms with Gasteiger partial charge in [-0.3, -0.25) is 4.79 Å². The van der Waals surface area contributed by atoms with Gasteiger partial charge >= 0.3 is 0 Å². The van der Waals surface area contributed by atoms with E-state index in [1.165, 1.54) is 13.0 Å². The van der Waals surface area contributed by atoms with Crippen LogP contribution in [0, 0.1) is 0 Å². The van der Waals surface area contributed by atoms with E-state index in [9.17, 15) is 9.90 Å². The fourth-order valence-electron chi connectivity index (χ4n) is 1.74. The lowest BCUT2D eigenvalue weighted by Gasteiger charge is -2.13. The highest BCUT2D eigenvalue weighted by molar-refractivity contribution is 5.97. The second-order valence-electron chi connectivity index (χ2n) is 4.31. The number of hydrogen-bond acceptors (Lipinski definition) is 4. The van der Waals surface area contributed by atoms with E-state index in [2.05, 4.69) is 6.58 Å². The zero-order chi connectivity index (χ0) is 14.3. The van der Waals surface area contributed by atoms with E-state index >= 15 is 0 Å². The van der Waals surface area contributed by atoms with Crippen LogP contribution in [-0.2, 0) is 6.42 Å². The third-order valence-electron chi connectivity index (χ3n) is 2.73. The molecule has 0 fully saturated rings. The van der Waals surface area contributed by atoms with Crippen molar-refractivity contribution in [2.75, 3.05) is 13.2 Å². The average Bonchev–Trinajstić information content (AvgIpc) is 2.37. The highest BCUT2D eigenvalue weighted by Crippen LogP contribution is 2.29. The summed E-state index contributed by atoms with van der Waals surface area (Å²) in [5.41, 5.74) is 1.11. The molecule has 4 heteroatoms. The lowest BCUT2D eigenvalue weighted by atomic mass is 10.0. The van der Waals surface area contributed by atoms with E-state index in [-0.39, 0.29) is 18.1 Å². The van der Waals surface area contributed by atoms with Crippen LogP contribution in [0.25, 0.3) is 0 Å². The predicted octanol–water partition coefficient (Wildman–Crippen LogP) is 2.47. The number of ether oxygens (including phenoxy) is 1. The molecule has 1 aromatic rings. The van der Waals surface area contributed by atoms with Gasteiger partial charge < -0.3 is 14.9 Å². The Bertz CT molecular complexity index is 452. The second-order valence-corrected chi connectivity index (χ2v) is 4.31. The molecular formula is C15H20O4. The SMILES string of the molecule is C=CCc1cc(C(C)=O)c(O)cc1OCCCCO. The molecular weight excluding hydrogens is 244 g/mol. The first-order valence-electron chi connectivity index (χ1n) is 6.31. The summed E-state index contributed by atoms with van der Waals surface area (Å²) in [4.78, 5) is 11.4. The number of aromatic hydroxyl groups is 1. The van der Waals surface area contributed by atoms with Crippen LogP contribution in [0.2, 0.25) is 0 Å². The quantitative estimate of drug-likeness (QED) is 0.430. The molecule has 0 aliphatic rings. The fourth-order valence-corrected chi connectivity index (χ4v) is 1.74. The Morgan fingerprint density at radius 2 is 2.16 bits per heavy atom. The van der Waals surface area contributed by atoms with Gasteiger partial charge in [-0.05, 0) is 37.8 Å². The maximum atomic E-state index is 11.4. The van der Waals surface area contributed by atoms with Crippen molar-refractivity contribution in [3.63, 3.8) is 0 Å². The molecule has 0 saturated heterocycles. The van der Waals surface area contributed by atoms with Crippen molar-refractivity contribution >= 4 is 5.78 Å². The second kappa shape index (κ2) is 7.59. The third kappa shape index (κ3) is 4.41. The van der Waals surface area contributed by atoms with Crippen LogP contribution in [0.1, 0.15) is 35.7 Å². The van der Waals surface area contributed by atoms with Crippen LogP contribution >= 0.6 is 0 Å². The third-order valence-corrected chi connectivity index (χ3v) is 2.73. The molecule has 104 valence electrons. The number of aliphatic hydroxyl groups excluding tert-OH is 1. The van der Waals surface area contributed by atoms with Crippen molar-refractivity contribution in [1.82, 2.24) is 0 Å². The number of allylic oxidation sites excluding steroid dienone is 1. The Morgan fingerprint density at radius 3 is 2.74 bits per heavy atom. The fraction of sp³-hybridized carbons (Fsp3) is 0.400. The number of hydrogen-bond donors (Lipinski definition) is 2. The highest BCUT2D eigenvalue weighted by Gasteiger charge is 2.12. The van der Waals surface area contributed by atoms with Gasteiger partial charge in [0.15, 0.2) is 5.78 Å². The molecule has 1 aromatic carbocycles. The van der Waals surface area contributed by atoms with Gasteiger partial charge in [-0.2, -0.15) is 0 Å². The molecule has 0 spiro atoms. The van der Waals surface area contributed by atoms with Crippen LogP contribution in [0.15, 0.2) is 24.8 Å². The van der Waals surface area contributed by atoms with Gasteiger partial charge in [0.1, 0.15) is 11.5 Å². The molecule has 0 unspecified atom stereocenters. The Balaban J connectivity index is 2.91. The highest BCUT2D eigenvalue weighted by atomic mass is 16.5. The minimum Gasteiger partial charge on any atom is -0.507 e. The Kier molecular flexibility index (Phi) is 6.09. The van der Waals surface area contributed by atoms with Gasteiger partial charge in [-0.1, -0.05) is 6.08 Å². The first-order valence-corrected chi connectivity index (χ1v) is 6.31. The molecule has 0 amide bonds. The molecule has 0 aromatic heterocycles. The minimum atomic E-state index is -0.186. The number of carbonyl (C=O) groups is 1. The topological polar surface area (TPSA) is 66.8 Å². The Morgan fingerprint density at radius 1 is 1.42 bits per heavy atom. The molecule has 4 nitrogen and oxygen atoms in total. The first kappa shape index (κ1) is 15.2. The van der Waals surface area contributed by atoms with Crippen LogP contribution in [0.4, 0.5) is 0 Å². The summed E-state index contributed by atoms with van der Waals surface area (Å²) >= 11 is 0. The summed E-state index contributed by atoms with van der Waals surface area (Å²) < 4.78 is 5.58. The summed E-state index contributed by atoms with van der Waals surface area (Å²) in [5, 5.41) is 18.5. The van der Waals surface area contributed by atoms with E-state index in [1.54, 1.807) is 12.1 Å². The van der Waals surface area contributed by atoms with Gasteiger partial charge in [0.05, 0.1) is 12.2 Å². The number of phenols is 1. The first-order chi connectivity index (χ1) is 9.10. The number of unbranched alkanes of at least 4 members (excludes halogenated alkanes) is 1. The van der Waals surface area contributed by atoms with Crippen molar-refractivity contribution in [3.8, 4) is 11.5 Å². The number of rotatable bonds is 8. The molecule has 0 aliphatic heterocycles. The van der Waals surface area contributed by atoms with Crippen LogP contribution in [0.5, 0.6) is 11.5 Å². The lowest BCUT2D eigenvalue weighted by Crippen LogP contribution is -2.03. The normalized spacial score (nSPS) is 10.2. The number of ketones is 1.